The molecule has 21 heavy (non-hydrogen) atoms. The minimum absolute atomic E-state index is 0.503. The Labute approximate surface area is 128 Å². The molecule has 1 fully saturated rings. The van der Waals surface area contributed by atoms with Gasteiger partial charge in [0.15, 0.2) is 0 Å². The maximum Gasteiger partial charge on any atom is 0.0104 e. The molecule has 1 aliphatic rings. The lowest BCUT2D eigenvalue weighted by Gasteiger charge is -2.24. The average molecular weight is 279 g/mol. The zero-order valence-electron chi connectivity index (χ0n) is 12.7. The third-order valence-corrected chi connectivity index (χ3v) is 4.59. The molecule has 0 saturated carbocycles. The highest BCUT2D eigenvalue weighted by Gasteiger charge is 2.20. The Hall–Kier alpha value is -1.60. The summed E-state index contributed by atoms with van der Waals surface area (Å²) in [4.78, 5) is 0. The van der Waals surface area contributed by atoms with Gasteiger partial charge in [0.2, 0.25) is 0 Å². The smallest absolute Gasteiger partial charge is 0.0104 e. The number of hydrogen-bond donors (Lipinski definition) is 1. The van der Waals surface area contributed by atoms with Crippen LogP contribution in [0.25, 0.3) is 0 Å². The molecular formula is C20H25N. The Kier molecular flexibility index (Phi) is 5.07. The molecule has 2 aromatic rings. The molecule has 1 atom stereocenters. The van der Waals surface area contributed by atoms with Gasteiger partial charge in [-0.2, -0.15) is 0 Å². The van der Waals surface area contributed by atoms with Gasteiger partial charge in [-0.25, -0.2) is 0 Å². The van der Waals surface area contributed by atoms with Crippen molar-refractivity contribution in [2.75, 3.05) is 6.54 Å². The van der Waals surface area contributed by atoms with Gasteiger partial charge < -0.3 is 5.32 Å². The summed E-state index contributed by atoms with van der Waals surface area (Å²) in [5.74, 6) is 0.503. The molecule has 2 aromatic carbocycles. The highest BCUT2D eigenvalue weighted by atomic mass is 14.9. The lowest BCUT2D eigenvalue weighted by Crippen LogP contribution is -2.30. The quantitative estimate of drug-likeness (QED) is 0.852. The molecule has 1 heteroatoms. The second-order valence-corrected chi connectivity index (χ2v) is 6.11. The van der Waals surface area contributed by atoms with E-state index in [9.17, 15) is 0 Å². The molecule has 1 aliphatic heterocycles. The number of hydrogen-bond acceptors (Lipinski definition) is 1. The van der Waals surface area contributed by atoms with Crippen LogP contribution in [0.1, 0.15) is 49.1 Å². The molecule has 1 heterocycles. The van der Waals surface area contributed by atoms with Crippen molar-refractivity contribution in [1.29, 1.82) is 0 Å². The fourth-order valence-electron chi connectivity index (χ4n) is 3.42. The predicted molar refractivity (Wildman–Crippen MR) is 89.6 cm³/mol. The maximum absolute atomic E-state index is 3.75. The number of benzene rings is 2. The molecule has 0 amide bonds. The largest absolute Gasteiger partial charge is 0.314 e. The van der Waals surface area contributed by atoms with Crippen LogP contribution in [0.3, 0.4) is 0 Å². The maximum atomic E-state index is 3.75. The second-order valence-electron chi connectivity index (χ2n) is 6.11. The van der Waals surface area contributed by atoms with E-state index in [0.717, 1.165) is 0 Å². The van der Waals surface area contributed by atoms with Gasteiger partial charge in [-0.05, 0) is 36.9 Å². The third kappa shape index (κ3) is 3.95. The first-order valence-corrected chi connectivity index (χ1v) is 8.27. The molecule has 110 valence electrons. The molecule has 1 N–H and O–H groups in total. The van der Waals surface area contributed by atoms with Gasteiger partial charge in [-0.15, -0.1) is 0 Å². The highest BCUT2D eigenvalue weighted by Crippen LogP contribution is 2.30. The van der Waals surface area contributed by atoms with Gasteiger partial charge in [0.25, 0.3) is 0 Å². The van der Waals surface area contributed by atoms with Crippen molar-refractivity contribution in [3.63, 3.8) is 0 Å². The van der Waals surface area contributed by atoms with Crippen molar-refractivity contribution in [1.82, 2.24) is 5.32 Å². The summed E-state index contributed by atoms with van der Waals surface area (Å²) >= 11 is 0. The van der Waals surface area contributed by atoms with Crippen molar-refractivity contribution in [2.45, 2.75) is 44.1 Å². The van der Waals surface area contributed by atoms with E-state index in [4.69, 9.17) is 0 Å². The summed E-state index contributed by atoms with van der Waals surface area (Å²) in [6.45, 7) is 1.18. The summed E-state index contributed by atoms with van der Waals surface area (Å²) in [7, 11) is 0. The second kappa shape index (κ2) is 7.42. The molecule has 0 aromatic heterocycles. The number of rotatable bonds is 4. The monoisotopic (exact) mass is 279 g/mol. The molecule has 0 spiro atoms. The molecule has 0 radical (unpaired) electrons. The zero-order chi connectivity index (χ0) is 14.3. The van der Waals surface area contributed by atoms with Crippen LogP contribution in [0, 0.1) is 0 Å². The fraction of sp³-hybridized carbons (Fsp3) is 0.400. The first-order valence-electron chi connectivity index (χ1n) is 8.27. The Bertz CT molecular complexity index is 473. The van der Waals surface area contributed by atoms with Crippen molar-refractivity contribution in [2.24, 2.45) is 0 Å². The van der Waals surface area contributed by atoms with Gasteiger partial charge in [0.1, 0.15) is 0 Å². The highest BCUT2D eigenvalue weighted by molar-refractivity contribution is 5.32. The van der Waals surface area contributed by atoms with E-state index in [1.807, 2.05) is 0 Å². The van der Waals surface area contributed by atoms with E-state index < -0.39 is 0 Å². The molecule has 1 unspecified atom stereocenters. The molecule has 1 nitrogen and oxygen atoms in total. The van der Waals surface area contributed by atoms with Gasteiger partial charge >= 0.3 is 0 Å². The van der Waals surface area contributed by atoms with Crippen LogP contribution in [0.5, 0.6) is 0 Å². The van der Waals surface area contributed by atoms with E-state index in [-0.39, 0.29) is 0 Å². The van der Waals surface area contributed by atoms with Crippen LogP contribution in [0.2, 0.25) is 0 Å². The van der Waals surface area contributed by atoms with Crippen molar-refractivity contribution in [3.05, 3.63) is 71.8 Å². The van der Waals surface area contributed by atoms with Crippen LogP contribution in [-0.2, 0) is 0 Å². The minimum atomic E-state index is 0.503. The summed E-state index contributed by atoms with van der Waals surface area (Å²) in [5.41, 5.74) is 2.88. The zero-order valence-corrected chi connectivity index (χ0v) is 12.7. The Morgan fingerprint density at radius 3 is 2.05 bits per heavy atom. The normalized spacial score (nSPS) is 19.4. The van der Waals surface area contributed by atoms with Gasteiger partial charge in [0.05, 0.1) is 0 Å². The van der Waals surface area contributed by atoms with Crippen molar-refractivity contribution in [3.8, 4) is 0 Å². The predicted octanol–water partition coefficient (Wildman–Crippen LogP) is 4.74. The lowest BCUT2D eigenvalue weighted by atomic mass is 9.85. The average Bonchev–Trinajstić information content (AvgIpc) is 2.83. The molecular weight excluding hydrogens is 254 g/mol. The first kappa shape index (κ1) is 14.3. The first-order chi connectivity index (χ1) is 10.4. The van der Waals surface area contributed by atoms with Crippen LogP contribution in [-0.4, -0.2) is 12.6 Å². The summed E-state index contributed by atoms with van der Waals surface area (Å²) < 4.78 is 0. The fourth-order valence-corrected chi connectivity index (χ4v) is 3.42. The van der Waals surface area contributed by atoms with Crippen LogP contribution < -0.4 is 5.32 Å². The summed E-state index contributed by atoms with van der Waals surface area (Å²) in [6, 6.07) is 22.6. The molecule has 3 rings (SSSR count). The molecule has 0 bridgehead atoms. The number of nitrogens with one attached hydrogen (secondary N) is 1. The van der Waals surface area contributed by atoms with E-state index in [1.54, 1.807) is 0 Å². The van der Waals surface area contributed by atoms with E-state index in [1.165, 1.54) is 49.8 Å². The van der Waals surface area contributed by atoms with E-state index in [2.05, 4.69) is 66.0 Å². The van der Waals surface area contributed by atoms with Gasteiger partial charge in [0, 0.05) is 12.0 Å². The molecule has 0 aliphatic carbocycles. The topological polar surface area (TPSA) is 12.0 Å². The van der Waals surface area contributed by atoms with Crippen molar-refractivity contribution < 1.29 is 0 Å². The lowest BCUT2D eigenvalue weighted by molar-refractivity contribution is 0.456. The van der Waals surface area contributed by atoms with Gasteiger partial charge in [-0.3, -0.25) is 0 Å². The van der Waals surface area contributed by atoms with Gasteiger partial charge in [-0.1, -0.05) is 73.5 Å². The molecule has 1 saturated heterocycles. The van der Waals surface area contributed by atoms with E-state index >= 15 is 0 Å². The standard InChI is InChI=1S/C20H25N/c1-4-10-17(11-5-1)20(18-12-6-2-7-13-18)16-19-14-8-3-9-15-21-19/h1-2,4-7,10-13,19-21H,3,8-9,14-16H2. The van der Waals surface area contributed by atoms with Crippen LogP contribution in [0.15, 0.2) is 60.7 Å². The van der Waals surface area contributed by atoms with Crippen molar-refractivity contribution >= 4 is 0 Å². The summed E-state index contributed by atoms with van der Waals surface area (Å²) in [6.07, 6.45) is 6.60. The third-order valence-electron chi connectivity index (χ3n) is 4.59. The van der Waals surface area contributed by atoms with Crippen LogP contribution in [0.4, 0.5) is 0 Å². The van der Waals surface area contributed by atoms with E-state index in [0.29, 0.717) is 12.0 Å². The Morgan fingerprint density at radius 1 is 0.810 bits per heavy atom. The Balaban J connectivity index is 1.82. The summed E-state index contributed by atoms with van der Waals surface area (Å²) in [5, 5.41) is 3.75. The Morgan fingerprint density at radius 2 is 1.43 bits per heavy atom. The van der Waals surface area contributed by atoms with Crippen LogP contribution >= 0.6 is 0 Å². The SMILES string of the molecule is c1ccc(C(CC2CCCCCN2)c2ccccc2)cc1. The minimum Gasteiger partial charge on any atom is -0.314 e.